The lowest BCUT2D eigenvalue weighted by Gasteiger charge is -2.36. The molecule has 6 heteroatoms. The zero-order valence-corrected chi connectivity index (χ0v) is 16.9. The van der Waals surface area contributed by atoms with Gasteiger partial charge in [0, 0.05) is 49.6 Å². The van der Waals surface area contributed by atoms with Crippen LogP contribution in [0.1, 0.15) is 31.2 Å². The molecule has 27 heavy (non-hydrogen) atoms. The van der Waals surface area contributed by atoms with Crippen LogP contribution in [0.2, 0.25) is 5.02 Å². The average molecular weight is 392 g/mol. The fraction of sp³-hybridized carbons (Fsp3) is 0.619. The molecule has 0 bridgehead atoms. The Bertz CT molecular complexity index is 633. The molecule has 1 aliphatic heterocycles. The van der Waals surface area contributed by atoms with Crippen LogP contribution < -0.4 is 5.32 Å². The van der Waals surface area contributed by atoms with Crippen molar-refractivity contribution in [3.05, 3.63) is 34.9 Å². The topological polar surface area (TPSA) is 52.7 Å². The van der Waals surface area contributed by atoms with Gasteiger partial charge >= 0.3 is 0 Å². The first-order valence-corrected chi connectivity index (χ1v) is 10.4. The third-order valence-electron chi connectivity index (χ3n) is 5.89. The summed E-state index contributed by atoms with van der Waals surface area (Å²) in [5, 5.41) is 3.78. The fourth-order valence-corrected chi connectivity index (χ4v) is 4.14. The minimum absolute atomic E-state index is 0.0479. The van der Waals surface area contributed by atoms with E-state index in [9.17, 15) is 9.59 Å². The number of carbonyl (C=O) groups is 2. The van der Waals surface area contributed by atoms with Gasteiger partial charge in [0.15, 0.2) is 0 Å². The monoisotopic (exact) mass is 391 g/mol. The third kappa shape index (κ3) is 5.69. The third-order valence-corrected chi connectivity index (χ3v) is 6.14. The van der Waals surface area contributed by atoms with E-state index in [0.29, 0.717) is 12.5 Å². The molecule has 1 N–H and O–H groups in total. The number of benzene rings is 1. The van der Waals surface area contributed by atoms with Crippen molar-refractivity contribution in [2.45, 2.75) is 32.1 Å². The molecule has 2 amide bonds. The number of amides is 2. The Morgan fingerprint density at radius 2 is 1.59 bits per heavy atom. The number of likely N-dealkylation sites (N-methyl/N-ethyl adjacent to an activating group) is 1. The van der Waals surface area contributed by atoms with E-state index >= 15 is 0 Å². The molecule has 0 unspecified atom stereocenters. The Kier molecular flexibility index (Phi) is 7.13. The molecule has 1 aromatic rings. The van der Waals surface area contributed by atoms with Gasteiger partial charge in [-0.1, -0.05) is 23.7 Å². The Balaban J connectivity index is 1.37. The Morgan fingerprint density at radius 1 is 1.00 bits per heavy atom. The molecule has 2 aliphatic rings. The van der Waals surface area contributed by atoms with Crippen LogP contribution in [0, 0.1) is 11.8 Å². The Hall–Kier alpha value is -1.59. The maximum absolute atomic E-state index is 12.7. The second-order valence-corrected chi connectivity index (χ2v) is 8.28. The second-order valence-electron chi connectivity index (χ2n) is 7.84. The highest BCUT2D eigenvalue weighted by molar-refractivity contribution is 6.30. The number of hydrogen-bond donors (Lipinski definition) is 1. The van der Waals surface area contributed by atoms with Crippen LogP contribution in [-0.4, -0.2) is 61.4 Å². The highest BCUT2D eigenvalue weighted by Gasteiger charge is 2.32. The predicted molar refractivity (Wildman–Crippen MR) is 108 cm³/mol. The van der Waals surface area contributed by atoms with Crippen molar-refractivity contribution in [3.63, 3.8) is 0 Å². The smallest absolute Gasteiger partial charge is 0.225 e. The van der Waals surface area contributed by atoms with E-state index in [0.717, 1.165) is 63.3 Å². The summed E-state index contributed by atoms with van der Waals surface area (Å²) in [6.45, 7) is 4.22. The number of nitrogens with one attached hydrogen (secondary N) is 1. The van der Waals surface area contributed by atoms with Crippen LogP contribution >= 0.6 is 11.6 Å². The lowest BCUT2D eigenvalue weighted by atomic mass is 9.81. The summed E-state index contributed by atoms with van der Waals surface area (Å²) < 4.78 is 0. The number of carbonyl (C=O) groups excluding carboxylic acids is 2. The van der Waals surface area contributed by atoms with Gasteiger partial charge in [0.05, 0.1) is 0 Å². The second kappa shape index (κ2) is 9.56. The molecule has 0 aromatic heterocycles. The predicted octanol–water partition coefficient (Wildman–Crippen LogP) is 2.58. The molecule has 1 heterocycles. The highest BCUT2D eigenvalue weighted by atomic mass is 35.5. The van der Waals surface area contributed by atoms with Crippen molar-refractivity contribution in [3.8, 4) is 0 Å². The number of halogens is 1. The van der Waals surface area contributed by atoms with E-state index in [-0.39, 0.29) is 17.7 Å². The lowest BCUT2D eigenvalue weighted by molar-refractivity contribution is -0.139. The summed E-state index contributed by atoms with van der Waals surface area (Å²) >= 11 is 5.89. The minimum atomic E-state index is 0.0479. The fourth-order valence-electron chi connectivity index (χ4n) is 4.01. The molecule has 1 saturated carbocycles. The number of nitrogens with zero attached hydrogens (tertiary/aromatic N) is 2. The molecule has 1 saturated heterocycles. The van der Waals surface area contributed by atoms with Crippen LogP contribution in [0.3, 0.4) is 0 Å². The molecular formula is C21H30ClN3O2. The Labute approximate surface area is 167 Å². The van der Waals surface area contributed by atoms with E-state index in [1.54, 1.807) is 0 Å². The van der Waals surface area contributed by atoms with Crippen molar-refractivity contribution < 1.29 is 9.59 Å². The first-order chi connectivity index (χ1) is 13.0. The maximum Gasteiger partial charge on any atom is 0.225 e. The normalized spacial score (nSPS) is 23.9. The van der Waals surface area contributed by atoms with Gasteiger partial charge in [-0.2, -0.15) is 0 Å². The van der Waals surface area contributed by atoms with E-state index in [1.165, 1.54) is 5.56 Å². The first kappa shape index (κ1) is 20.2. The molecule has 2 fully saturated rings. The SMILES string of the molecule is CN1CCN(C(=O)C2CCC(C(=O)NCCc3ccc(Cl)cc3)CC2)CC1. The summed E-state index contributed by atoms with van der Waals surface area (Å²) in [4.78, 5) is 29.4. The van der Waals surface area contributed by atoms with Crippen LogP contribution in [-0.2, 0) is 16.0 Å². The molecule has 148 valence electrons. The summed E-state index contributed by atoms with van der Waals surface area (Å²) in [5.41, 5.74) is 1.17. The zero-order chi connectivity index (χ0) is 19.2. The van der Waals surface area contributed by atoms with E-state index < -0.39 is 0 Å². The zero-order valence-electron chi connectivity index (χ0n) is 16.1. The van der Waals surface area contributed by atoms with E-state index in [1.807, 2.05) is 29.2 Å². The number of rotatable bonds is 5. The molecule has 3 rings (SSSR count). The van der Waals surface area contributed by atoms with E-state index in [4.69, 9.17) is 11.6 Å². The van der Waals surface area contributed by atoms with Gasteiger partial charge in [0.2, 0.25) is 11.8 Å². The molecule has 5 nitrogen and oxygen atoms in total. The number of hydrogen-bond acceptors (Lipinski definition) is 3. The van der Waals surface area contributed by atoms with Gasteiger partial charge in [-0.05, 0) is 56.8 Å². The number of piperazine rings is 1. The first-order valence-electron chi connectivity index (χ1n) is 10.0. The summed E-state index contributed by atoms with van der Waals surface area (Å²) in [5.74, 6) is 0.581. The van der Waals surface area contributed by atoms with Crippen molar-refractivity contribution in [2.24, 2.45) is 11.8 Å². The molecule has 0 radical (unpaired) electrons. The van der Waals surface area contributed by atoms with Gasteiger partial charge in [-0.25, -0.2) is 0 Å². The van der Waals surface area contributed by atoms with Crippen LogP contribution in [0.4, 0.5) is 0 Å². The quantitative estimate of drug-likeness (QED) is 0.839. The summed E-state index contributed by atoms with van der Waals surface area (Å²) in [6, 6.07) is 7.72. The molecule has 0 atom stereocenters. The lowest BCUT2D eigenvalue weighted by Crippen LogP contribution is -2.49. The largest absolute Gasteiger partial charge is 0.356 e. The highest BCUT2D eigenvalue weighted by Crippen LogP contribution is 2.30. The van der Waals surface area contributed by atoms with Gasteiger partial charge < -0.3 is 15.1 Å². The molecule has 0 spiro atoms. The Morgan fingerprint density at radius 3 is 2.22 bits per heavy atom. The molecular weight excluding hydrogens is 362 g/mol. The van der Waals surface area contributed by atoms with Crippen LogP contribution in [0.25, 0.3) is 0 Å². The summed E-state index contributed by atoms with van der Waals surface area (Å²) in [6.07, 6.45) is 4.11. The van der Waals surface area contributed by atoms with Crippen LogP contribution in [0.5, 0.6) is 0 Å². The van der Waals surface area contributed by atoms with Crippen LogP contribution in [0.15, 0.2) is 24.3 Å². The average Bonchev–Trinajstić information content (AvgIpc) is 2.69. The minimum Gasteiger partial charge on any atom is -0.356 e. The standard InChI is InChI=1S/C21H30ClN3O2/c1-24-12-14-25(15-13-24)21(27)18-6-4-17(5-7-18)20(26)23-11-10-16-2-8-19(22)9-3-16/h2-3,8-9,17-18H,4-7,10-15H2,1H3,(H,23,26). The van der Waals surface area contributed by atoms with Gasteiger partial charge in [0.1, 0.15) is 0 Å². The van der Waals surface area contributed by atoms with Crippen molar-refractivity contribution in [2.75, 3.05) is 39.8 Å². The van der Waals surface area contributed by atoms with E-state index in [2.05, 4.69) is 17.3 Å². The van der Waals surface area contributed by atoms with Gasteiger partial charge in [-0.15, -0.1) is 0 Å². The van der Waals surface area contributed by atoms with Gasteiger partial charge in [0.25, 0.3) is 0 Å². The van der Waals surface area contributed by atoms with Gasteiger partial charge in [-0.3, -0.25) is 9.59 Å². The molecule has 1 aromatic carbocycles. The van der Waals surface area contributed by atoms with Crippen molar-refractivity contribution in [1.82, 2.24) is 15.1 Å². The molecule has 1 aliphatic carbocycles. The van der Waals surface area contributed by atoms with Crippen molar-refractivity contribution >= 4 is 23.4 Å². The van der Waals surface area contributed by atoms with Crippen molar-refractivity contribution in [1.29, 1.82) is 0 Å². The maximum atomic E-state index is 12.7. The summed E-state index contributed by atoms with van der Waals surface area (Å²) in [7, 11) is 2.10.